The number of hydrogen-bond donors (Lipinski definition) is 2. The van der Waals surface area contributed by atoms with Crippen molar-refractivity contribution in [1.82, 2.24) is 20.2 Å². The van der Waals surface area contributed by atoms with Gasteiger partial charge < -0.3 is 19.9 Å². The first-order valence-electron chi connectivity index (χ1n) is 10.7. The fourth-order valence-corrected chi connectivity index (χ4v) is 5.40. The molecule has 4 atom stereocenters. The molecule has 0 radical (unpaired) electrons. The number of rotatable bonds is 4. The van der Waals surface area contributed by atoms with Gasteiger partial charge in [0.1, 0.15) is 11.9 Å². The largest absolute Gasteiger partial charge is 0.453 e. The molecule has 2 heterocycles. The van der Waals surface area contributed by atoms with E-state index in [1.165, 1.54) is 13.5 Å². The van der Waals surface area contributed by atoms with Crippen molar-refractivity contribution in [3.63, 3.8) is 0 Å². The fourth-order valence-electron chi connectivity index (χ4n) is 5.04. The lowest BCUT2D eigenvalue weighted by Crippen LogP contribution is -2.53. The van der Waals surface area contributed by atoms with Gasteiger partial charge in [0.25, 0.3) is 0 Å². The van der Waals surface area contributed by atoms with Crippen LogP contribution in [0.3, 0.4) is 0 Å². The molecule has 2 fully saturated rings. The maximum Gasteiger partial charge on any atom is 0.407 e. The van der Waals surface area contributed by atoms with Crippen LogP contribution in [0.4, 0.5) is 4.79 Å². The lowest BCUT2D eigenvalue weighted by molar-refractivity contribution is -0.138. The van der Waals surface area contributed by atoms with Crippen molar-refractivity contribution < 1.29 is 14.3 Å². The van der Waals surface area contributed by atoms with Gasteiger partial charge in [-0.15, -0.1) is 0 Å². The maximum atomic E-state index is 13.8. The Hall–Kier alpha value is -2.09. The van der Waals surface area contributed by atoms with Gasteiger partial charge >= 0.3 is 6.09 Å². The average Bonchev–Trinajstić information content (AvgIpc) is 3.31. The number of carbonyl (C=O) groups is 2. The number of benzene rings is 1. The average molecular weight is 477 g/mol. The van der Waals surface area contributed by atoms with Crippen LogP contribution in [-0.2, 0) is 9.53 Å². The molecule has 2 amide bonds. The van der Waals surface area contributed by atoms with Crippen LogP contribution in [0.25, 0.3) is 11.0 Å². The zero-order valence-electron chi connectivity index (χ0n) is 17.7. The first-order chi connectivity index (χ1) is 14.4. The number of carbonyl (C=O) groups excluding carboxylic acids is 2. The number of imidazole rings is 1. The number of alkyl carbamates (subject to hydrolysis) is 1. The Kier molecular flexibility index (Phi) is 6.04. The summed E-state index contributed by atoms with van der Waals surface area (Å²) in [5, 5.41) is 2.76. The van der Waals surface area contributed by atoms with Gasteiger partial charge in [-0.25, -0.2) is 9.78 Å². The molecule has 0 spiro atoms. The van der Waals surface area contributed by atoms with E-state index in [1.807, 2.05) is 36.9 Å². The van der Waals surface area contributed by atoms with Crippen LogP contribution in [0, 0.1) is 11.8 Å². The number of aromatic amines is 1. The standard InChI is InChI=1S/C22H29BrN4O3/c1-12(2)19(26-22(29)30-3)21(28)27-17-7-5-4-6-13(17)10-18(27)20-24-15-9-8-14(23)11-16(15)25-20/h8-9,11-13,17-19H,4-7,10H2,1-3H3,(H,24,25)(H,26,29)/t13-,17-,18-,19-/m0/s1. The second-order valence-corrected chi connectivity index (χ2v) is 9.67. The van der Waals surface area contributed by atoms with E-state index in [-0.39, 0.29) is 23.9 Å². The van der Waals surface area contributed by atoms with Gasteiger partial charge in [-0.1, -0.05) is 42.6 Å². The highest BCUT2D eigenvalue weighted by molar-refractivity contribution is 9.10. The van der Waals surface area contributed by atoms with E-state index in [0.717, 1.165) is 47.0 Å². The monoisotopic (exact) mass is 476 g/mol. The molecule has 0 unspecified atom stereocenters. The lowest BCUT2D eigenvalue weighted by Gasteiger charge is -2.36. The number of hydrogen-bond acceptors (Lipinski definition) is 4. The third kappa shape index (κ3) is 3.94. The summed E-state index contributed by atoms with van der Waals surface area (Å²) in [5.74, 6) is 1.20. The second kappa shape index (κ2) is 8.57. The molecule has 1 aliphatic carbocycles. The predicted octanol–water partition coefficient (Wildman–Crippen LogP) is 4.54. The number of halogens is 1. The van der Waals surface area contributed by atoms with Crippen LogP contribution in [-0.4, -0.2) is 46.1 Å². The highest BCUT2D eigenvalue weighted by Crippen LogP contribution is 2.46. The van der Waals surface area contributed by atoms with Crippen molar-refractivity contribution in [2.75, 3.05) is 7.11 Å². The van der Waals surface area contributed by atoms with E-state index in [2.05, 4.69) is 26.2 Å². The second-order valence-electron chi connectivity index (χ2n) is 8.75. The summed E-state index contributed by atoms with van der Waals surface area (Å²) < 4.78 is 5.76. The molecule has 2 aliphatic rings. The molecule has 2 aromatic rings. The highest BCUT2D eigenvalue weighted by atomic mass is 79.9. The Balaban J connectivity index is 1.70. The highest BCUT2D eigenvalue weighted by Gasteiger charge is 2.48. The minimum absolute atomic E-state index is 0.0450. The number of nitrogens with one attached hydrogen (secondary N) is 2. The molecule has 1 saturated heterocycles. The van der Waals surface area contributed by atoms with Crippen molar-refractivity contribution in [3.05, 3.63) is 28.5 Å². The summed E-state index contributed by atoms with van der Waals surface area (Å²) in [4.78, 5) is 35.9. The summed E-state index contributed by atoms with van der Waals surface area (Å²) in [7, 11) is 1.32. The summed E-state index contributed by atoms with van der Waals surface area (Å²) >= 11 is 3.51. The van der Waals surface area contributed by atoms with Crippen molar-refractivity contribution in [1.29, 1.82) is 0 Å². The number of aromatic nitrogens is 2. The molecule has 2 N–H and O–H groups in total. The van der Waals surface area contributed by atoms with Crippen LogP contribution in [0.1, 0.15) is 57.8 Å². The van der Waals surface area contributed by atoms with Gasteiger partial charge in [0.05, 0.1) is 24.2 Å². The van der Waals surface area contributed by atoms with Gasteiger partial charge in [0.15, 0.2) is 0 Å². The number of H-pyrrole nitrogens is 1. The third-order valence-electron chi connectivity index (χ3n) is 6.51. The molecule has 30 heavy (non-hydrogen) atoms. The van der Waals surface area contributed by atoms with E-state index in [1.54, 1.807) is 0 Å². The molecule has 7 nitrogen and oxygen atoms in total. The zero-order valence-corrected chi connectivity index (χ0v) is 19.2. The molecule has 1 saturated carbocycles. The van der Waals surface area contributed by atoms with E-state index in [0.29, 0.717) is 5.92 Å². The summed E-state index contributed by atoms with van der Waals surface area (Å²) in [6, 6.07) is 5.41. The van der Waals surface area contributed by atoms with E-state index < -0.39 is 12.1 Å². The molecular weight excluding hydrogens is 448 g/mol. The number of fused-ring (bicyclic) bond motifs is 2. The normalized spacial score (nSPS) is 24.7. The number of methoxy groups -OCH3 is 1. The Morgan fingerprint density at radius 3 is 2.80 bits per heavy atom. The molecule has 1 aliphatic heterocycles. The van der Waals surface area contributed by atoms with E-state index >= 15 is 0 Å². The topological polar surface area (TPSA) is 87.3 Å². The van der Waals surface area contributed by atoms with E-state index in [4.69, 9.17) is 9.72 Å². The third-order valence-corrected chi connectivity index (χ3v) is 7.01. The van der Waals surface area contributed by atoms with Gasteiger partial charge in [-0.3, -0.25) is 4.79 Å². The Morgan fingerprint density at radius 2 is 2.07 bits per heavy atom. The van der Waals surface area contributed by atoms with Crippen molar-refractivity contribution >= 4 is 39.0 Å². The molecular formula is C22H29BrN4O3. The smallest absolute Gasteiger partial charge is 0.407 e. The lowest BCUT2D eigenvalue weighted by atomic mass is 9.84. The SMILES string of the molecule is COC(=O)N[C@H](C(=O)N1[C@H](c2nc3ccc(Br)cc3[nH]2)C[C@@H]2CCCC[C@@H]21)C(C)C. The van der Waals surface area contributed by atoms with Crippen molar-refractivity contribution in [2.24, 2.45) is 11.8 Å². The first kappa shape index (κ1) is 21.2. The first-order valence-corrected chi connectivity index (χ1v) is 11.5. The molecule has 1 aromatic carbocycles. The van der Waals surface area contributed by atoms with Gasteiger partial charge in [-0.05, 0) is 49.3 Å². The minimum atomic E-state index is -0.626. The fraction of sp³-hybridized carbons (Fsp3) is 0.591. The summed E-state index contributed by atoms with van der Waals surface area (Å²) in [5.41, 5.74) is 1.85. The zero-order chi connectivity index (χ0) is 21.4. The van der Waals surface area contributed by atoms with Crippen LogP contribution >= 0.6 is 15.9 Å². The van der Waals surface area contributed by atoms with Gasteiger partial charge in [-0.2, -0.15) is 0 Å². The maximum absolute atomic E-state index is 13.8. The molecule has 4 rings (SSSR count). The predicted molar refractivity (Wildman–Crippen MR) is 118 cm³/mol. The quantitative estimate of drug-likeness (QED) is 0.677. The van der Waals surface area contributed by atoms with Gasteiger partial charge in [0.2, 0.25) is 5.91 Å². The Morgan fingerprint density at radius 1 is 1.30 bits per heavy atom. The van der Waals surface area contributed by atoms with Gasteiger partial charge in [0, 0.05) is 10.5 Å². The number of amides is 2. The number of likely N-dealkylation sites (tertiary alicyclic amines) is 1. The molecule has 0 bridgehead atoms. The molecule has 1 aromatic heterocycles. The Labute approximate surface area is 185 Å². The molecule has 8 heteroatoms. The van der Waals surface area contributed by atoms with Crippen molar-refractivity contribution in [2.45, 2.75) is 64.1 Å². The van der Waals surface area contributed by atoms with Crippen LogP contribution in [0.5, 0.6) is 0 Å². The van der Waals surface area contributed by atoms with Crippen molar-refractivity contribution in [3.8, 4) is 0 Å². The minimum Gasteiger partial charge on any atom is -0.453 e. The summed E-state index contributed by atoms with van der Waals surface area (Å²) in [6.07, 6.45) is 4.79. The van der Waals surface area contributed by atoms with Crippen LogP contribution in [0.2, 0.25) is 0 Å². The number of ether oxygens (including phenoxy) is 1. The van der Waals surface area contributed by atoms with Crippen LogP contribution < -0.4 is 5.32 Å². The Bertz CT molecular complexity index is 944. The summed E-state index contributed by atoms with van der Waals surface area (Å²) in [6.45, 7) is 3.89. The molecule has 162 valence electrons. The van der Waals surface area contributed by atoms with Crippen LogP contribution in [0.15, 0.2) is 22.7 Å². The number of nitrogens with zero attached hydrogens (tertiary/aromatic N) is 2. The van der Waals surface area contributed by atoms with E-state index in [9.17, 15) is 9.59 Å².